The largest absolute Gasteiger partial charge is 0.545 e. The summed E-state index contributed by atoms with van der Waals surface area (Å²) in [6.45, 7) is 4.82. The Morgan fingerprint density at radius 3 is 0.929 bits per heavy atom. The van der Waals surface area contributed by atoms with E-state index >= 15 is 0 Å². The van der Waals surface area contributed by atoms with Gasteiger partial charge in [-0.25, -0.2) is 0 Å². The van der Waals surface area contributed by atoms with Gasteiger partial charge < -0.3 is 33.3 Å². The minimum Gasteiger partial charge on any atom is -0.545 e. The molecule has 9 heteroatoms. The summed E-state index contributed by atoms with van der Waals surface area (Å²) in [7, 11) is 5.95. The second-order valence-corrected chi connectivity index (χ2v) is 27.0. The van der Waals surface area contributed by atoms with Crippen molar-refractivity contribution in [3.05, 3.63) is 24.3 Å². The number of carboxylic acid groups (broad SMARTS) is 1. The summed E-state index contributed by atoms with van der Waals surface area (Å²) >= 11 is 0. The Hall–Kier alpha value is -2.23. The van der Waals surface area contributed by atoms with E-state index in [0.717, 1.165) is 44.9 Å². The number of esters is 2. The molecular weight excluding hydrogens is 1050 g/mol. The zero-order chi connectivity index (χ0) is 61.9. The fourth-order valence-electron chi connectivity index (χ4n) is 11.5. The van der Waals surface area contributed by atoms with Crippen LogP contribution in [0, 0.1) is 0 Å². The molecule has 2 atom stereocenters. The van der Waals surface area contributed by atoms with Gasteiger partial charge in [-0.15, -0.1) is 0 Å². The van der Waals surface area contributed by atoms with E-state index in [9.17, 15) is 19.5 Å². The molecule has 0 spiro atoms. The van der Waals surface area contributed by atoms with Crippen LogP contribution in [0.5, 0.6) is 0 Å². The zero-order valence-electron chi connectivity index (χ0n) is 57.5. The van der Waals surface area contributed by atoms with Crippen molar-refractivity contribution in [2.75, 3.05) is 47.5 Å². The number of unbranched alkanes of at least 4 members (excludes halogenated alkanes) is 52. The van der Waals surface area contributed by atoms with Crippen LogP contribution < -0.4 is 5.11 Å². The number of hydrogen-bond acceptors (Lipinski definition) is 8. The lowest BCUT2D eigenvalue weighted by Crippen LogP contribution is -2.44. The zero-order valence-corrected chi connectivity index (χ0v) is 57.5. The molecule has 0 bridgehead atoms. The van der Waals surface area contributed by atoms with Gasteiger partial charge in [-0.2, -0.15) is 0 Å². The van der Waals surface area contributed by atoms with Gasteiger partial charge in [0.15, 0.2) is 12.4 Å². The van der Waals surface area contributed by atoms with Crippen molar-refractivity contribution in [2.45, 2.75) is 399 Å². The molecule has 2 unspecified atom stereocenters. The highest BCUT2D eigenvalue weighted by Gasteiger charge is 2.22. The molecule has 0 saturated heterocycles. The van der Waals surface area contributed by atoms with Crippen LogP contribution in [0.25, 0.3) is 0 Å². The fourth-order valence-corrected chi connectivity index (χ4v) is 11.5. The Balaban J connectivity index is 4.02. The number of hydrogen-bond donors (Lipinski definition) is 0. The van der Waals surface area contributed by atoms with Crippen LogP contribution in [-0.2, 0) is 33.3 Å². The normalized spacial score (nSPS) is 12.7. The van der Waals surface area contributed by atoms with E-state index in [1.165, 1.54) is 315 Å². The average Bonchev–Trinajstić information content (AvgIpc) is 3.49. The number of carbonyl (C=O) groups is 3. The number of likely N-dealkylation sites (N-methyl/N-ethyl adjacent to an activating group) is 1. The maximum atomic E-state index is 12.9. The highest BCUT2D eigenvalue weighted by molar-refractivity contribution is 5.70. The lowest BCUT2D eigenvalue weighted by Gasteiger charge is -2.26. The van der Waals surface area contributed by atoms with Gasteiger partial charge in [-0.3, -0.25) is 9.59 Å². The number of carboxylic acids is 1. The Morgan fingerprint density at radius 2 is 0.635 bits per heavy atom. The SMILES string of the molecule is CCCCCCC/C=C\C/C=C\CCCCCCCCCCCCCCCCCCCCCC(=O)OC(COC(=O)CCCCCCCCCCCCCCCCCCCCCCCCCCCCCCC)COC(OCC[N+](C)(C)C)C(=O)[O-]. The Bertz CT molecular complexity index is 1440. The monoisotopic (exact) mass is 1200 g/mol. The second-order valence-electron chi connectivity index (χ2n) is 27.0. The summed E-state index contributed by atoms with van der Waals surface area (Å²) in [5.41, 5.74) is 0. The number of ether oxygens (including phenoxy) is 4. The van der Waals surface area contributed by atoms with Gasteiger partial charge in [-0.05, 0) is 44.9 Å². The quantitative estimate of drug-likeness (QED) is 0.0195. The van der Waals surface area contributed by atoms with Crippen LogP contribution in [0.2, 0.25) is 0 Å². The molecule has 0 aliphatic carbocycles. The maximum absolute atomic E-state index is 12.9. The van der Waals surface area contributed by atoms with E-state index in [2.05, 4.69) is 38.2 Å². The lowest BCUT2D eigenvalue weighted by molar-refractivity contribution is -0.870. The molecule has 0 aromatic rings. The molecule has 0 aromatic heterocycles. The van der Waals surface area contributed by atoms with Crippen molar-refractivity contribution < 1.29 is 42.9 Å². The van der Waals surface area contributed by atoms with Crippen LogP contribution in [0.3, 0.4) is 0 Å². The van der Waals surface area contributed by atoms with E-state index in [-0.39, 0.29) is 32.2 Å². The van der Waals surface area contributed by atoms with Crippen LogP contribution in [0.15, 0.2) is 24.3 Å². The molecule has 0 aliphatic heterocycles. The summed E-state index contributed by atoms with van der Waals surface area (Å²) in [4.78, 5) is 37.5. The second kappa shape index (κ2) is 67.7. The smallest absolute Gasteiger partial charge is 0.306 e. The highest BCUT2D eigenvalue weighted by Crippen LogP contribution is 2.19. The van der Waals surface area contributed by atoms with Gasteiger partial charge >= 0.3 is 11.9 Å². The molecular formula is C76H145NO8. The molecule has 0 heterocycles. The van der Waals surface area contributed by atoms with E-state index in [0.29, 0.717) is 17.4 Å². The molecule has 0 aliphatic rings. The molecule has 9 nitrogen and oxygen atoms in total. The third kappa shape index (κ3) is 69.1. The number of quaternary nitrogens is 1. The van der Waals surface area contributed by atoms with Crippen molar-refractivity contribution in [1.82, 2.24) is 0 Å². The Labute approximate surface area is 528 Å². The Kier molecular flexibility index (Phi) is 65.9. The first kappa shape index (κ1) is 82.8. The van der Waals surface area contributed by atoms with Crippen molar-refractivity contribution >= 4 is 17.9 Å². The molecule has 0 N–H and O–H groups in total. The van der Waals surface area contributed by atoms with Gasteiger partial charge in [0.25, 0.3) is 0 Å². The summed E-state index contributed by atoms with van der Waals surface area (Å²) in [5.74, 6) is -2.25. The molecule has 0 rings (SSSR count). The topological polar surface area (TPSA) is 111 Å². The van der Waals surface area contributed by atoms with Crippen LogP contribution in [0.4, 0.5) is 0 Å². The van der Waals surface area contributed by atoms with Crippen LogP contribution in [0.1, 0.15) is 386 Å². The third-order valence-electron chi connectivity index (χ3n) is 17.2. The van der Waals surface area contributed by atoms with Crippen molar-refractivity contribution in [3.8, 4) is 0 Å². The molecule has 0 fully saturated rings. The Morgan fingerprint density at radius 1 is 0.353 bits per heavy atom. The first-order chi connectivity index (χ1) is 41.6. The summed E-state index contributed by atoms with van der Waals surface area (Å²) in [6.07, 6.45) is 81.4. The van der Waals surface area contributed by atoms with Crippen LogP contribution >= 0.6 is 0 Å². The molecule has 502 valence electrons. The molecule has 0 aromatic carbocycles. The fraction of sp³-hybridized carbons (Fsp3) is 0.908. The minimum absolute atomic E-state index is 0.152. The van der Waals surface area contributed by atoms with E-state index in [4.69, 9.17) is 18.9 Å². The van der Waals surface area contributed by atoms with Gasteiger partial charge in [0.05, 0.1) is 40.3 Å². The minimum atomic E-state index is -1.62. The molecule has 85 heavy (non-hydrogen) atoms. The highest BCUT2D eigenvalue weighted by atomic mass is 16.7. The number of rotatable bonds is 71. The first-order valence-corrected chi connectivity index (χ1v) is 37.5. The van der Waals surface area contributed by atoms with Crippen LogP contribution in [-0.4, -0.2) is 82.3 Å². The molecule has 0 saturated carbocycles. The van der Waals surface area contributed by atoms with Crippen molar-refractivity contribution in [3.63, 3.8) is 0 Å². The summed E-state index contributed by atoms with van der Waals surface area (Å²) in [6, 6.07) is 0. The van der Waals surface area contributed by atoms with Gasteiger partial charge in [0.2, 0.25) is 0 Å². The molecule has 0 amide bonds. The van der Waals surface area contributed by atoms with E-state index < -0.39 is 24.3 Å². The van der Waals surface area contributed by atoms with Crippen molar-refractivity contribution in [2.24, 2.45) is 0 Å². The van der Waals surface area contributed by atoms with Gasteiger partial charge in [-0.1, -0.05) is 353 Å². The number of aliphatic carboxylic acids is 1. The molecule has 0 radical (unpaired) electrons. The first-order valence-electron chi connectivity index (χ1n) is 37.5. The summed E-state index contributed by atoms with van der Waals surface area (Å²) < 4.78 is 22.9. The third-order valence-corrected chi connectivity index (χ3v) is 17.2. The van der Waals surface area contributed by atoms with Gasteiger partial charge in [0, 0.05) is 12.8 Å². The predicted octanol–water partition coefficient (Wildman–Crippen LogP) is 22.0. The summed E-state index contributed by atoms with van der Waals surface area (Å²) in [5, 5.41) is 11.8. The number of nitrogens with zero attached hydrogens (tertiary/aromatic N) is 1. The van der Waals surface area contributed by atoms with Crippen molar-refractivity contribution in [1.29, 1.82) is 0 Å². The lowest BCUT2D eigenvalue weighted by atomic mass is 10.0. The average molecular weight is 1200 g/mol. The van der Waals surface area contributed by atoms with Gasteiger partial charge in [0.1, 0.15) is 13.2 Å². The van der Waals surface area contributed by atoms with E-state index in [1.54, 1.807) is 0 Å². The standard InChI is InChI=1S/C76H145NO8/c1-6-8-10-12-14-16-18-20-22-24-26-28-30-32-34-36-37-39-41-43-45-47-49-51-53-55-57-59-61-63-65-67-74(79)85-72(71-84-76(75(80)81)82-69-68-77(3,4)5)70-83-73(78)66-64-62-60-58-56-54-52-50-48-46-44-42-40-38-35-33-31-29-27-25-23-21-19-17-15-13-11-9-7-2/h18,20,24,26,72,76H,6-17,19,21-23,25,27-71H2,1-5H3/b20-18-,26-24-. The number of carbonyl (C=O) groups excluding carboxylic acids is 3. The maximum Gasteiger partial charge on any atom is 0.306 e. The number of allylic oxidation sites excluding steroid dienone is 4. The van der Waals surface area contributed by atoms with E-state index in [1.807, 2.05) is 21.1 Å². The predicted molar refractivity (Wildman–Crippen MR) is 362 cm³/mol.